The van der Waals surface area contributed by atoms with Gasteiger partial charge in [-0.05, 0) is 35.4 Å². The average Bonchev–Trinajstić information content (AvgIpc) is 2.65. The molecule has 15 heteroatoms. The molecule has 6 N–H and O–H groups in total. The Morgan fingerprint density at radius 2 is 0.794 bits per heavy atom. The summed E-state index contributed by atoms with van der Waals surface area (Å²) in [7, 11) is 0. The van der Waals surface area contributed by atoms with Crippen LogP contribution < -0.4 is 0 Å². The van der Waals surface area contributed by atoms with Crippen molar-refractivity contribution in [3.05, 3.63) is 69.8 Å². The Morgan fingerprint density at radius 1 is 0.529 bits per heavy atom. The molecule has 0 unspecified atom stereocenters. The number of carbonyl (C=O) groups is 4. The molecular weight excluding hydrogens is 486 g/mol. The van der Waals surface area contributed by atoms with E-state index in [0.29, 0.717) is 0 Å². The maximum Gasteiger partial charge on any atom is 0.411 e. The van der Waals surface area contributed by atoms with Crippen molar-refractivity contribution in [3.63, 3.8) is 0 Å². The topological polar surface area (TPSA) is 181 Å². The van der Waals surface area contributed by atoms with Crippen LogP contribution in [0, 0.1) is 0 Å². The first-order valence-corrected chi connectivity index (χ1v) is 8.32. The van der Waals surface area contributed by atoms with Crippen molar-refractivity contribution in [3.8, 4) is 0 Å². The molecule has 0 heterocycles. The first-order valence-electron chi connectivity index (χ1n) is 8.32. The monoisotopic (exact) mass is 498 g/mol. The number of hydrogen-bond acceptors (Lipinski definition) is 4. The van der Waals surface area contributed by atoms with Crippen LogP contribution in [-0.4, -0.2) is 62.1 Å². The highest BCUT2D eigenvalue weighted by Gasteiger charge is 2.72. The van der Waals surface area contributed by atoms with Gasteiger partial charge in [-0.15, -0.1) is 0 Å². The largest absolute Gasteiger partial charge is 0.478 e. The minimum atomic E-state index is -6.27. The number of hydrogen-bond donors (Lipinski definition) is 4. The van der Waals surface area contributed by atoms with Crippen molar-refractivity contribution in [1.29, 1.82) is 0 Å². The predicted octanol–water partition coefficient (Wildman–Crippen LogP) is 3.07. The van der Waals surface area contributed by atoms with Crippen LogP contribution in [0.15, 0.2) is 36.4 Å². The number of alkyl halides is 6. The van der Waals surface area contributed by atoms with E-state index in [9.17, 15) is 45.5 Å². The van der Waals surface area contributed by atoms with E-state index in [1.165, 1.54) is 0 Å². The van der Waals surface area contributed by atoms with Crippen LogP contribution in [0.2, 0.25) is 0 Å². The SMILES string of the molecule is O.O=C(O)c1ccc(C(c2ccc(C(=O)O)c(C(=O)O)c2)(C(F)(F)F)C(F)(F)F)cc1C(=O)O. The van der Waals surface area contributed by atoms with Crippen molar-refractivity contribution in [2.45, 2.75) is 17.8 Å². The Bertz CT molecular complexity index is 1080. The summed E-state index contributed by atoms with van der Waals surface area (Å²) in [4.78, 5) is 45.0. The zero-order chi connectivity index (χ0) is 25.5. The zero-order valence-electron chi connectivity index (χ0n) is 16.2. The molecular formula is C19H12F6O9. The van der Waals surface area contributed by atoms with Crippen LogP contribution in [-0.2, 0) is 5.41 Å². The fraction of sp³-hybridized carbons (Fsp3) is 0.158. The third-order valence-electron chi connectivity index (χ3n) is 4.68. The fourth-order valence-electron chi connectivity index (χ4n) is 3.26. The Labute approximate surface area is 183 Å². The van der Waals surface area contributed by atoms with Gasteiger partial charge >= 0.3 is 36.2 Å². The molecule has 0 saturated carbocycles. The molecule has 0 atom stereocenters. The van der Waals surface area contributed by atoms with E-state index in [1.54, 1.807) is 0 Å². The normalized spacial score (nSPS) is 11.9. The summed E-state index contributed by atoms with van der Waals surface area (Å²) in [6, 6.07) is 0.412. The summed E-state index contributed by atoms with van der Waals surface area (Å²) >= 11 is 0. The van der Waals surface area contributed by atoms with Crippen molar-refractivity contribution in [2.75, 3.05) is 0 Å². The molecule has 0 spiro atoms. The van der Waals surface area contributed by atoms with Gasteiger partial charge in [0.1, 0.15) is 0 Å². The Kier molecular flexibility index (Phi) is 7.39. The van der Waals surface area contributed by atoms with Crippen molar-refractivity contribution >= 4 is 23.9 Å². The van der Waals surface area contributed by atoms with Gasteiger partial charge in [-0.1, -0.05) is 12.1 Å². The standard InChI is InChI=1S/C19H10F6O8.H2O/c20-18(21,22)17(19(23,24)25,7-1-3-9(13(26)27)11(5-7)15(30)31)8-2-4-10(14(28)29)12(6-8)16(32)33;/h1-6H,(H,26,27)(H,28,29)(H,30,31)(H,32,33);1H2. The first-order chi connectivity index (χ1) is 15.0. The number of carboxylic acid groups (broad SMARTS) is 4. The smallest absolute Gasteiger partial charge is 0.411 e. The van der Waals surface area contributed by atoms with E-state index in [-0.39, 0.29) is 41.9 Å². The van der Waals surface area contributed by atoms with Gasteiger partial charge in [0, 0.05) is 0 Å². The van der Waals surface area contributed by atoms with Crippen molar-refractivity contribution < 1.29 is 71.4 Å². The highest BCUT2D eigenvalue weighted by molar-refractivity contribution is 6.02. The van der Waals surface area contributed by atoms with Gasteiger partial charge in [0.25, 0.3) is 0 Å². The fourth-order valence-corrected chi connectivity index (χ4v) is 3.26. The van der Waals surface area contributed by atoms with Crippen LogP contribution >= 0.6 is 0 Å². The summed E-state index contributed by atoms with van der Waals surface area (Å²) in [6.45, 7) is 0. The van der Waals surface area contributed by atoms with Gasteiger partial charge in [0.2, 0.25) is 5.41 Å². The summed E-state index contributed by atoms with van der Waals surface area (Å²) < 4.78 is 85.1. The van der Waals surface area contributed by atoms with Crippen LogP contribution in [0.4, 0.5) is 26.3 Å². The average molecular weight is 498 g/mol. The van der Waals surface area contributed by atoms with Gasteiger partial charge in [-0.2, -0.15) is 26.3 Å². The summed E-state index contributed by atoms with van der Waals surface area (Å²) in [5.41, 5.74) is -13.6. The van der Waals surface area contributed by atoms with E-state index in [4.69, 9.17) is 20.4 Å². The summed E-state index contributed by atoms with van der Waals surface area (Å²) in [6.07, 6.45) is -12.5. The third-order valence-corrected chi connectivity index (χ3v) is 4.68. The molecule has 0 aliphatic rings. The molecule has 0 aliphatic carbocycles. The number of carboxylic acids is 4. The van der Waals surface area contributed by atoms with Crippen LogP contribution in [0.25, 0.3) is 0 Å². The lowest BCUT2D eigenvalue weighted by Gasteiger charge is -2.38. The first kappa shape index (κ1) is 27.9. The van der Waals surface area contributed by atoms with Crippen LogP contribution in [0.1, 0.15) is 52.6 Å². The molecule has 0 saturated heterocycles. The molecule has 0 amide bonds. The van der Waals surface area contributed by atoms with Crippen molar-refractivity contribution in [1.82, 2.24) is 0 Å². The van der Waals surface area contributed by atoms with E-state index in [1.807, 2.05) is 0 Å². The molecule has 0 bridgehead atoms. The molecule has 34 heavy (non-hydrogen) atoms. The van der Waals surface area contributed by atoms with E-state index < -0.39 is 75.0 Å². The summed E-state index contributed by atoms with van der Waals surface area (Å²) in [5.74, 6) is -8.16. The summed E-state index contributed by atoms with van der Waals surface area (Å²) in [5, 5.41) is 36.2. The zero-order valence-corrected chi connectivity index (χ0v) is 16.2. The second-order valence-corrected chi connectivity index (χ2v) is 6.49. The molecule has 2 rings (SSSR count). The number of aromatic carboxylic acids is 4. The van der Waals surface area contributed by atoms with Crippen molar-refractivity contribution in [2.24, 2.45) is 0 Å². The van der Waals surface area contributed by atoms with E-state index in [2.05, 4.69) is 0 Å². The second kappa shape index (κ2) is 9.01. The molecule has 2 aromatic rings. The van der Waals surface area contributed by atoms with Gasteiger partial charge in [-0.3, -0.25) is 0 Å². The van der Waals surface area contributed by atoms with Crippen LogP contribution in [0.5, 0.6) is 0 Å². The quantitative estimate of drug-likeness (QED) is 0.439. The molecule has 184 valence electrons. The second-order valence-electron chi connectivity index (χ2n) is 6.49. The molecule has 0 aliphatic heterocycles. The van der Waals surface area contributed by atoms with Gasteiger partial charge in [-0.25, -0.2) is 19.2 Å². The molecule has 0 fully saturated rings. The Morgan fingerprint density at radius 3 is 1.00 bits per heavy atom. The maximum absolute atomic E-state index is 14.2. The van der Waals surface area contributed by atoms with Gasteiger partial charge in [0.05, 0.1) is 22.3 Å². The molecule has 2 aromatic carbocycles. The lowest BCUT2D eigenvalue weighted by atomic mass is 9.71. The number of benzene rings is 2. The maximum atomic E-state index is 14.2. The molecule has 0 radical (unpaired) electrons. The van der Waals surface area contributed by atoms with Gasteiger partial charge < -0.3 is 25.9 Å². The highest BCUT2D eigenvalue weighted by atomic mass is 19.4. The van der Waals surface area contributed by atoms with E-state index in [0.717, 1.165) is 0 Å². The lowest BCUT2D eigenvalue weighted by Crippen LogP contribution is -2.55. The van der Waals surface area contributed by atoms with Gasteiger partial charge in [0.15, 0.2) is 0 Å². The molecule has 0 aromatic heterocycles. The number of rotatable bonds is 6. The minimum Gasteiger partial charge on any atom is -0.478 e. The Hall–Kier alpha value is -4.14. The Balaban J connectivity index is 0.00000578. The van der Waals surface area contributed by atoms with Crippen LogP contribution in [0.3, 0.4) is 0 Å². The predicted molar refractivity (Wildman–Crippen MR) is 97.2 cm³/mol. The highest BCUT2D eigenvalue weighted by Crippen LogP contribution is 2.56. The van der Waals surface area contributed by atoms with E-state index >= 15 is 0 Å². The molecule has 9 nitrogen and oxygen atoms in total. The number of halogens is 6. The third kappa shape index (κ3) is 4.36. The lowest BCUT2D eigenvalue weighted by molar-refractivity contribution is -0.288. The minimum absolute atomic E-state index is 0.